The van der Waals surface area contributed by atoms with Gasteiger partial charge in [-0.25, -0.2) is 8.42 Å². The molecule has 0 aliphatic carbocycles. The van der Waals surface area contributed by atoms with Crippen molar-refractivity contribution in [2.24, 2.45) is 0 Å². The SMILES string of the molecule is CC(=O)N1Cc2cc(C[SH](=O)=O)ccc2C1C(=O)Nc1ccc(C(NCCO)(C(F)(F)F)C(F)(F)F)cc1. The minimum absolute atomic E-state index is 0.00137. The maximum absolute atomic E-state index is 13.7. The highest BCUT2D eigenvalue weighted by molar-refractivity contribution is 7.71. The Kier molecular flexibility index (Phi) is 8.43. The van der Waals surface area contributed by atoms with Gasteiger partial charge in [0.15, 0.2) is 0 Å². The van der Waals surface area contributed by atoms with E-state index < -0.39 is 65.2 Å². The van der Waals surface area contributed by atoms with Gasteiger partial charge < -0.3 is 15.3 Å². The highest BCUT2D eigenvalue weighted by Gasteiger charge is 2.71. The third-order valence-corrected chi connectivity index (χ3v) is 6.68. The van der Waals surface area contributed by atoms with Crippen molar-refractivity contribution in [2.75, 3.05) is 18.5 Å². The van der Waals surface area contributed by atoms with Gasteiger partial charge in [-0.3, -0.25) is 14.9 Å². The molecule has 1 unspecified atom stereocenters. The van der Waals surface area contributed by atoms with Crippen molar-refractivity contribution in [1.29, 1.82) is 0 Å². The summed E-state index contributed by atoms with van der Waals surface area (Å²) in [4.78, 5) is 26.5. The zero-order chi connectivity index (χ0) is 28.5. The first kappa shape index (κ1) is 29.4. The number of thiol groups is 1. The van der Waals surface area contributed by atoms with E-state index in [2.05, 4.69) is 5.32 Å². The highest BCUT2D eigenvalue weighted by atomic mass is 32.2. The quantitative estimate of drug-likeness (QED) is 0.288. The van der Waals surface area contributed by atoms with Crippen molar-refractivity contribution in [3.63, 3.8) is 0 Å². The minimum atomic E-state index is -5.82. The molecule has 2 aromatic carbocycles. The summed E-state index contributed by atoms with van der Waals surface area (Å²) in [6.45, 7) is -0.758. The van der Waals surface area contributed by atoms with Gasteiger partial charge >= 0.3 is 12.4 Å². The van der Waals surface area contributed by atoms with Crippen LogP contribution in [0.1, 0.15) is 35.2 Å². The Hall–Kier alpha value is -3.17. The molecule has 3 N–H and O–H groups in total. The molecule has 1 aliphatic heterocycles. The van der Waals surface area contributed by atoms with Crippen LogP contribution in [0.2, 0.25) is 0 Å². The zero-order valence-corrected chi connectivity index (χ0v) is 20.6. The number of aliphatic hydroxyl groups is 1. The van der Waals surface area contributed by atoms with Crippen molar-refractivity contribution in [3.8, 4) is 0 Å². The summed E-state index contributed by atoms with van der Waals surface area (Å²) in [5, 5.41) is 12.6. The van der Waals surface area contributed by atoms with E-state index in [1.807, 2.05) is 0 Å². The number of carbonyl (C=O) groups excluding carboxylic acids is 2. The fraction of sp³-hybridized carbons (Fsp3) is 0.391. The molecule has 8 nitrogen and oxygen atoms in total. The van der Waals surface area contributed by atoms with Crippen molar-refractivity contribution in [1.82, 2.24) is 10.2 Å². The highest BCUT2D eigenvalue weighted by Crippen LogP contribution is 2.50. The monoisotopic (exact) mass is 567 g/mol. The summed E-state index contributed by atoms with van der Waals surface area (Å²) in [5.74, 6) is -1.50. The number of halogens is 6. The number of hydrogen-bond donors (Lipinski definition) is 4. The Morgan fingerprint density at radius 1 is 1.03 bits per heavy atom. The van der Waals surface area contributed by atoms with Gasteiger partial charge in [-0.15, -0.1) is 0 Å². The lowest BCUT2D eigenvalue weighted by Crippen LogP contribution is -2.63. The lowest BCUT2D eigenvalue weighted by Gasteiger charge is -2.38. The number of nitrogens with one attached hydrogen (secondary N) is 2. The zero-order valence-electron chi connectivity index (χ0n) is 19.7. The predicted molar refractivity (Wildman–Crippen MR) is 123 cm³/mol. The molecule has 1 aliphatic rings. The second kappa shape index (κ2) is 10.9. The number of hydrogen-bond acceptors (Lipinski definition) is 6. The van der Waals surface area contributed by atoms with Gasteiger partial charge in [-0.1, -0.05) is 30.3 Å². The normalized spacial score (nSPS) is 16.0. The molecule has 1 atom stereocenters. The number of nitrogens with zero attached hydrogens (tertiary/aromatic N) is 1. The van der Waals surface area contributed by atoms with Crippen LogP contribution in [0, 0.1) is 0 Å². The molecule has 2 aromatic rings. The van der Waals surface area contributed by atoms with E-state index in [4.69, 9.17) is 5.11 Å². The molecule has 0 aromatic heterocycles. The van der Waals surface area contributed by atoms with E-state index in [-0.39, 0.29) is 18.0 Å². The van der Waals surface area contributed by atoms with E-state index in [0.717, 1.165) is 12.1 Å². The van der Waals surface area contributed by atoms with E-state index in [9.17, 15) is 44.3 Å². The van der Waals surface area contributed by atoms with Gasteiger partial charge in [-0.05, 0) is 34.4 Å². The van der Waals surface area contributed by atoms with Crippen molar-refractivity contribution < 1.29 is 49.5 Å². The average Bonchev–Trinajstić information content (AvgIpc) is 3.17. The van der Waals surface area contributed by atoms with Crippen LogP contribution in [0.15, 0.2) is 42.5 Å². The van der Waals surface area contributed by atoms with Gasteiger partial charge in [-0.2, -0.15) is 26.3 Å². The topological polar surface area (TPSA) is 116 Å². The largest absolute Gasteiger partial charge is 0.419 e. The molecule has 0 fully saturated rings. The van der Waals surface area contributed by atoms with Crippen molar-refractivity contribution in [3.05, 3.63) is 64.7 Å². The van der Waals surface area contributed by atoms with Gasteiger partial charge in [0.05, 0.1) is 12.4 Å². The summed E-state index contributed by atoms with van der Waals surface area (Å²) in [6.07, 6.45) is -11.6. The van der Waals surface area contributed by atoms with Gasteiger partial charge in [0.25, 0.3) is 5.91 Å². The lowest BCUT2D eigenvalue weighted by atomic mass is 9.87. The standard InChI is InChI=1S/C23H23F6N3O5S/c1-13(34)32-11-15-10-14(12-38(36)37)2-7-18(15)19(32)20(35)31-17-5-3-16(4-6-17)21(22(24,25)26,23(27,28)29)30-8-9-33/h2-7,10,19,30,33,38H,8-9,11-12H2,1H3,(H,31,35). The van der Waals surface area contributed by atoms with E-state index in [1.165, 1.54) is 29.3 Å². The fourth-order valence-electron chi connectivity index (χ4n) is 4.38. The van der Waals surface area contributed by atoms with Crippen LogP contribution in [-0.2, 0) is 38.1 Å². The molecular formula is C23H23F6N3O5S. The Bertz CT molecular complexity index is 1260. The number of fused-ring (bicyclic) bond motifs is 1. The minimum Gasteiger partial charge on any atom is -0.395 e. The summed E-state index contributed by atoms with van der Waals surface area (Å²) in [7, 11) is -2.71. The molecule has 2 amide bonds. The molecular weight excluding hydrogens is 544 g/mol. The number of amides is 2. The third kappa shape index (κ3) is 5.63. The summed E-state index contributed by atoms with van der Waals surface area (Å²) in [6, 6.07) is 6.21. The molecule has 0 radical (unpaired) electrons. The molecule has 0 bridgehead atoms. The van der Waals surface area contributed by atoms with Crippen LogP contribution in [0.25, 0.3) is 0 Å². The lowest BCUT2D eigenvalue weighted by molar-refractivity contribution is -0.314. The first-order valence-corrected chi connectivity index (χ1v) is 12.4. The first-order chi connectivity index (χ1) is 17.6. The Morgan fingerprint density at radius 2 is 1.63 bits per heavy atom. The van der Waals surface area contributed by atoms with E-state index >= 15 is 0 Å². The van der Waals surface area contributed by atoms with Crippen LogP contribution in [0.3, 0.4) is 0 Å². The third-order valence-electron chi connectivity index (χ3n) is 6.06. The number of benzene rings is 2. The second-order valence-electron chi connectivity index (χ2n) is 8.54. The number of carbonyl (C=O) groups is 2. The second-order valence-corrected chi connectivity index (χ2v) is 9.52. The van der Waals surface area contributed by atoms with Crippen LogP contribution in [0.5, 0.6) is 0 Å². The van der Waals surface area contributed by atoms with E-state index in [1.54, 1.807) is 6.07 Å². The smallest absolute Gasteiger partial charge is 0.395 e. The number of anilines is 1. The summed E-state index contributed by atoms with van der Waals surface area (Å²) >= 11 is 0. The molecule has 38 heavy (non-hydrogen) atoms. The molecule has 3 rings (SSSR count). The molecule has 0 spiro atoms. The van der Waals surface area contributed by atoms with Crippen LogP contribution < -0.4 is 10.6 Å². The van der Waals surface area contributed by atoms with Gasteiger partial charge in [0.1, 0.15) is 16.7 Å². The van der Waals surface area contributed by atoms with Crippen LogP contribution in [-0.4, -0.2) is 55.7 Å². The maximum Gasteiger partial charge on any atom is 0.419 e. The molecule has 0 saturated carbocycles. The Labute approximate surface area is 214 Å². The maximum atomic E-state index is 13.7. The molecule has 15 heteroatoms. The number of alkyl halides is 6. The van der Waals surface area contributed by atoms with Gasteiger partial charge in [0.2, 0.25) is 11.4 Å². The molecule has 0 saturated heterocycles. The van der Waals surface area contributed by atoms with Gasteiger partial charge in [0, 0.05) is 25.7 Å². The summed E-state index contributed by atoms with van der Waals surface area (Å²) in [5.41, 5.74) is -4.41. The fourth-order valence-corrected chi connectivity index (χ4v) is 4.87. The summed E-state index contributed by atoms with van der Waals surface area (Å²) < 4.78 is 105. The van der Waals surface area contributed by atoms with E-state index in [0.29, 0.717) is 28.8 Å². The van der Waals surface area contributed by atoms with Crippen molar-refractivity contribution >= 4 is 28.2 Å². The van der Waals surface area contributed by atoms with Crippen LogP contribution >= 0.6 is 0 Å². The molecule has 1 heterocycles. The Morgan fingerprint density at radius 3 is 2.13 bits per heavy atom. The molecule has 208 valence electrons. The Balaban J connectivity index is 1.92. The van der Waals surface area contributed by atoms with Crippen LogP contribution in [0.4, 0.5) is 32.0 Å². The number of aliphatic hydroxyl groups excluding tert-OH is 1. The van der Waals surface area contributed by atoms with Crippen molar-refractivity contribution in [2.45, 2.75) is 43.2 Å². The number of rotatable bonds is 8. The average molecular weight is 568 g/mol. The predicted octanol–water partition coefficient (Wildman–Crippen LogP) is 2.74. The first-order valence-electron chi connectivity index (χ1n) is 11.0.